The van der Waals surface area contributed by atoms with Crippen molar-refractivity contribution in [2.45, 2.75) is 13.8 Å². The third kappa shape index (κ3) is 4.16. The Bertz CT molecular complexity index is 941. The van der Waals surface area contributed by atoms with Gasteiger partial charge in [0.1, 0.15) is 23.2 Å². The molecule has 3 rings (SSSR count). The molecule has 6 heteroatoms. The maximum atomic E-state index is 11.5. The number of aryl methyl sites for hydroxylation is 1. The number of carbonyl (C=O) groups is 1. The summed E-state index contributed by atoms with van der Waals surface area (Å²) in [5.41, 5.74) is 2.25. The Hall–Kier alpha value is -3.41. The molecule has 0 spiro atoms. The molecule has 0 saturated heterocycles. The molecule has 1 heterocycles. The van der Waals surface area contributed by atoms with Crippen molar-refractivity contribution >= 4 is 28.8 Å². The highest BCUT2D eigenvalue weighted by Crippen LogP contribution is 2.27. The van der Waals surface area contributed by atoms with Gasteiger partial charge in [0, 0.05) is 17.3 Å². The minimum absolute atomic E-state index is 0.0195. The average molecular weight is 348 g/mol. The summed E-state index contributed by atoms with van der Waals surface area (Å²) in [6.45, 7) is 3.37. The number of nitrogens with one attached hydrogen (secondary N) is 2. The van der Waals surface area contributed by atoms with Crippen LogP contribution >= 0.6 is 0 Å². The number of ketones is 1. The van der Waals surface area contributed by atoms with Crippen molar-refractivity contribution in [1.82, 2.24) is 9.97 Å². The molecule has 0 bridgehead atoms. The second-order valence-corrected chi connectivity index (χ2v) is 5.77. The summed E-state index contributed by atoms with van der Waals surface area (Å²) in [5.74, 6) is 2.65. The lowest BCUT2D eigenvalue weighted by Crippen LogP contribution is -2.03. The first kappa shape index (κ1) is 17.4. The highest BCUT2D eigenvalue weighted by atomic mass is 16.5. The molecule has 2 N–H and O–H groups in total. The van der Waals surface area contributed by atoms with Crippen LogP contribution in [0.5, 0.6) is 5.75 Å². The largest absolute Gasteiger partial charge is 0.495 e. The molecule has 3 aromatic rings. The van der Waals surface area contributed by atoms with Gasteiger partial charge >= 0.3 is 0 Å². The Labute approximate surface area is 152 Å². The van der Waals surface area contributed by atoms with Crippen molar-refractivity contribution in [3.8, 4) is 5.75 Å². The summed E-state index contributed by atoms with van der Waals surface area (Å²) >= 11 is 0. The van der Waals surface area contributed by atoms with E-state index in [0.717, 1.165) is 17.1 Å². The van der Waals surface area contributed by atoms with Crippen molar-refractivity contribution in [2.75, 3.05) is 17.7 Å². The van der Waals surface area contributed by atoms with Crippen LogP contribution in [0.15, 0.2) is 54.6 Å². The third-order valence-corrected chi connectivity index (χ3v) is 3.75. The number of anilines is 4. The lowest BCUT2D eigenvalue weighted by molar-refractivity contribution is 0.101. The molecule has 6 nitrogen and oxygen atoms in total. The van der Waals surface area contributed by atoms with E-state index in [9.17, 15) is 4.79 Å². The van der Waals surface area contributed by atoms with Gasteiger partial charge < -0.3 is 15.4 Å². The van der Waals surface area contributed by atoms with Gasteiger partial charge in [0.25, 0.3) is 0 Å². The number of hydrogen-bond donors (Lipinski definition) is 2. The zero-order valence-electron chi connectivity index (χ0n) is 14.9. The number of rotatable bonds is 6. The normalized spacial score (nSPS) is 10.3. The highest BCUT2D eigenvalue weighted by molar-refractivity contribution is 5.95. The number of ether oxygens (including phenoxy) is 1. The maximum Gasteiger partial charge on any atom is 0.159 e. The monoisotopic (exact) mass is 348 g/mol. The second kappa shape index (κ2) is 7.65. The fourth-order valence-corrected chi connectivity index (χ4v) is 2.55. The molecule has 0 unspecified atom stereocenters. The Balaban J connectivity index is 1.86. The molecule has 2 aromatic carbocycles. The number of para-hydroxylation sites is 2. The van der Waals surface area contributed by atoms with E-state index >= 15 is 0 Å². The number of benzene rings is 2. The van der Waals surface area contributed by atoms with Gasteiger partial charge in [-0.1, -0.05) is 24.3 Å². The van der Waals surface area contributed by atoms with Crippen LogP contribution in [0, 0.1) is 6.92 Å². The molecule has 132 valence electrons. The van der Waals surface area contributed by atoms with Crippen LogP contribution in [0.3, 0.4) is 0 Å². The number of hydrogen-bond acceptors (Lipinski definition) is 6. The minimum Gasteiger partial charge on any atom is -0.495 e. The van der Waals surface area contributed by atoms with Gasteiger partial charge in [0.05, 0.1) is 12.8 Å². The molecule has 0 fully saturated rings. The first-order chi connectivity index (χ1) is 12.5. The molecule has 0 amide bonds. The van der Waals surface area contributed by atoms with Gasteiger partial charge in [-0.2, -0.15) is 0 Å². The Morgan fingerprint density at radius 1 is 0.962 bits per heavy atom. The molecular weight excluding hydrogens is 328 g/mol. The first-order valence-corrected chi connectivity index (χ1v) is 8.19. The molecule has 0 aliphatic heterocycles. The van der Waals surface area contributed by atoms with Gasteiger partial charge in [-0.05, 0) is 38.1 Å². The molecule has 0 atom stereocenters. The van der Waals surface area contributed by atoms with Crippen molar-refractivity contribution in [3.63, 3.8) is 0 Å². The SMILES string of the molecule is COc1ccccc1Nc1cc(Nc2cccc(C(C)=O)c2)nc(C)n1. The lowest BCUT2D eigenvalue weighted by Gasteiger charge is -2.12. The Kier molecular flexibility index (Phi) is 5.12. The zero-order chi connectivity index (χ0) is 18.5. The summed E-state index contributed by atoms with van der Waals surface area (Å²) < 4.78 is 5.36. The molecule has 0 aliphatic rings. The summed E-state index contributed by atoms with van der Waals surface area (Å²) in [6, 6.07) is 16.7. The van der Waals surface area contributed by atoms with E-state index < -0.39 is 0 Å². The topological polar surface area (TPSA) is 76.1 Å². The number of carbonyl (C=O) groups excluding carboxylic acids is 1. The Morgan fingerprint density at radius 2 is 1.69 bits per heavy atom. The fourth-order valence-electron chi connectivity index (χ4n) is 2.55. The average Bonchev–Trinajstić information content (AvgIpc) is 2.62. The quantitative estimate of drug-likeness (QED) is 0.640. The number of nitrogens with zero attached hydrogens (tertiary/aromatic N) is 2. The van der Waals surface area contributed by atoms with Gasteiger partial charge in [0.15, 0.2) is 5.78 Å². The fraction of sp³-hybridized carbons (Fsp3) is 0.150. The predicted molar refractivity (Wildman–Crippen MR) is 103 cm³/mol. The summed E-state index contributed by atoms with van der Waals surface area (Å²) in [6.07, 6.45) is 0. The van der Waals surface area contributed by atoms with E-state index in [0.29, 0.717) is 23.0 Å². The highest BCUT2D eigenvalue weighted by Gasteiger charge is 2.07. The third-order valence-electron chi connectivity index (χ3n) is 3.75. The maximum absolute atomic E-state index is 11.5. The first-order valence-electron chi connectivity index (χ1n) is 8.19. The van der Waals surface area contributed by atoms with Crippen molar-refractivity contribution in [1.29, 1.82) is 0 Å². The summed E-state index contributed by atoms with van der Waals surface area (Å²) in [5, 5.41) is 6.47. The molecule has 26 heavy (non-hydrogen) atoms. The summed E-state index contributed by atoms with van der Waals surface area (Å²) in [7, 11) is 1.63. The van der Waals surface area contributed by atoms with Crippen LogP contribution in [0.4, 0.5) is 23.0 Å². The van der Waals surface area contributed by atoms with E-state index in [1.54, 1.807) is 32.2 Å². The summed E-state index contributed by atoms with van der Waals surface area (Å²) in [4.78, 5) is 20.4. The van der Waals surface area contributed by atoms with Crippen molar-refractivity contribution < 1.29 is 9.53 Å². The van der Waals surface area contributed by atoms with Gasteiger partial charge in [0.2, 0.25) is 0 Å². The van der Waals surface area contributed by atoms with E-state index in [4.69, 9.17) is 4.74 Å². The molecule has 0 aliphatic carbocycles. The molecule has 0 saturated carbocycles. The van der Waals surface area contributed by atoms with E-state index in [1.807, 2.05) is 43.3 Å². The van der Waals surface area contributed by atoms with E-state index in [2.05, 4.69) is 20.6 Å². The van der Waals surface area contributed by atoms with Crippen LogP contribution in [0.2, 0.25) is 0 Å². The van der Waals surface area contributed by atoms with Gasteiger partial charge in [-0.15, -0.1) is 0 Å². The van der Waals surface area contributed by atoms with Crippen LogP contribution in [0.1, 0.15) is 23.1 Å². The van der Waals surface area contributed by atoms with Crippen LogP contribution in [-0.4, -0.2) is 22.9 Å². The molecule has 0 radical (unpaired) electrons. The molecular formula is C20H20N4O2. The number of methoxy groups -OCH3 is 1. The van der Waals surface area contributed by atoms with Gasteiger partial charge in [-0.25, -0.2) is 9.97 Å². The van der Waals surface area contributed by atoms with Crippen molar-refractivity contribution in [3.05, 3.63) is 66.0 Å². The minimum atomic E-state index is 0.0195. The predicted octanol–water partition coefficient (Wildman–Crippen LogP) is 4.48. The standard InChI is InChI=1S/C20H20N4O2/c1-13(25)15-7-6-8-16(11-15)23-19-12-20(22-14(2)21-19)24-17-9-4-5-10-18(17)26-3/h4-12H,1-3H3,(H2,21,22,23,24). The van der Waals surface area contributed by atoms with E-state index in [-0.39, 0.29) is 5.78 Å². The number of aromatic nitrogens is 2. The molecule has 1 aromatic heterocycles. The second-order valence-electron chi connectivity index (χ2n) is 5.77. The lowest BCUT2D eigenvalue weighted by atomic mass is 10.1. The van der Waals surface area contributed by atoms with Crippen LogP contribution in [0.25, 0.3) is 0 Å². The van der Waals surface area contributed by atoms with Gasteiger partial charge in [-0.3, -0.25) is 4.79 Å². The smallest absolute Gasteiger partial charge is 0.159 e. The van der Waals surface area contributed by atoms with Crippen LogP contribution < -0.4 is 15.4 Å². The zero-order valence-corrected chi connectivity index (χ0v) is 14.9. The van der Waals surface area contributed by atoms with Crippen molar-refractivity contribution in [2.24, 2.45) is 0 Å². The van der Waals surface area contributed by atoms with Crippen LogP contribution in [-0.2, 0) is 0 Å². The Morgan fingerprint density at radius 3 is 2.42 bits per heavy atom. The van der Waals surface area contributed by atoms with E-state index in [1.165, 1.54) is 0 Å². The number of Topliss-reactive ketones (excluding diaryl/α,β-unsaturated/α-hetero) is 1.